The van der Waals surface area contributed by atoms with E-state index in [1.54, 1.807) is 4.90 Å². The third-order valence-electron chi connectivity index (χ3n) is 3.73. The van der Waals surface area contributed by atoms with E-state index < -0.39 is 9.84 Å². The molecule has 1 amide bonds. The van der Waals surface area contributed by atoms with E-state index in [0.29, 0.717) is 18.7 Å². The van der Waals surface area contributed by atoms with Crippen LogP contribution in [0.4, 0.5) is 5.69 Å². The lowest BCUT2D eigenvalue weighted by Crippen LogP contribution is -2.30. The van der Waals surface area contributed by atoms with Crippen LogP contribution in [0.1, 0.15) is 18.9 Å². The zero-order valence-corrected chi connectivity index (χ0v) is 12.1. The third kappa shape index (κ3) is 2.14. The molecule has 0 saturated carbocycles. The summed E-state index contributed by atoms with van der Waals surface area (Å²) in [5.74, 6) is 0.0952. The summed E-state index contributed by atoms with van der Waals surface area (Å²) in [6.45, 7) is 2.50. The van der Waals surface area contributed by atoms with Gasteiger partial charge in [-0.15, -0.1) is 0 Å². The molecule has 0 radical (unpaired) electrons. The molecule has 5 nitrogen and oxygen atoms in total. The Morgan fingerprint density at radius 3 is 2.75 bits per heavy atom. The van der Waals surface area contributed by atoms with Crippen molar-refractivity contribution in [1.82, 2.24) is 0 Å². The number of anilines is 1. The number of hydrogen-bond donors (Lipinski definition) is 0. The van der Waals surface area contributed by atoms with Gasteiger partial charge in [0, 0.05) is 12.1 Å². The van der Waals surface area contributed by atoms with Crippen LogP contribution in [0.5, 0.6) is 0 Å². The number of nitrogens with zero attached hydrogens (tertiary/aromatic N) is 2. The maximum absolute atomic E-state index is 12.4. The Morgan fingerprint density at radius 1 is 1.35 bits per heavy atom. The van der Waals surface area contributed by atoms with Crippen LogP contribution in [0.2, 0.25) is 0 Å². The van der Waals surface area contributed by atoms with Crippen LogP contribution in [0.15, 0.2) is 29.3 Å². The van der Waals surface area contributed by atoms with Gasteiger partial charge in [0.25, 0.3) is 5.91 Å². The molecule has 0 N–H and O–H groups in total. The standard InChI is InChI=1S/C14H16N2O3S/c1-2-16-12-6-4-3-5-11(12)13(14(16)17)15-10-7-8-20(18,19)9-10/h3-6,10H,2,7-9H2,1H3/t10-/m0/s1. The number of benzene rings is 1. The lowest BCUT2D eigenvalue weighted by atomic mass is 10.1. The number of carbonyl (C=O) groups is 1. The SMILES string of the molecule is CCN1C(=O)C(=N[C@H]2CCS(=O)(=O)C2)c2ccccc21. The van der Waals surface area contributed by atoms with Gasteiger partial charge in [0.05, 0.1) is 23.2 Å². The molecule has 1 aromatic rings. The molecular weight excluding hydrogens is 276 g/mol. The number of aliphatic imine (C=N–C) groups is 1. The van der Waals surface area contributed by atoms with E-state index in [0.717, 1.165) is 11.3 Å². The first-order chi connectivity index (χ1) is 9.52. The molecule has 0 aliphatic carbocycles. The first-order valence-corrected chi connectivity index (χ1v) is 8.53. The fourth-order valence-corrected chi connectivity index (χ4v) is 4.39. The van der Waals surface area contributed by atoms with Crippen molar-refractivity contribution in [2.24, 2.45) is 4.99 Å². The summed E-state index contributed by atoms with van der Waals surface area (Å²) in [7, 11) is -2.98. The van der Waals surface area contributed by atoms with Crippen LogP contribution in [-0.2, 0) is 14.6 Å². The van der Waals surface area contributed by atoms with Crippen molar-refractivity contribution in [2.75, 3.05) is 23.0 Å². The van der Waals surface area contributed by atoms with Crippen molar-refractivity contribution in [1.29, 1.82) is 0 Å². The first-order valence-electron chi connectivity index (χ1n) is 6.71. The van der Waals surface area contributed by atoms with Gasteiger partial charge in [-0.05, 0) is 19.4 Å². The predicted octanol–water partition coefficient (Wildman–Crippen LogP) is 1.03. The van der Waals surface area contributed by atoms with Crippen LogP contribution in [-0.4, -0.2) is 44.1 Å². The molecule has 2 heterocycles. The van der Waals surface area contributed by atoms with E-state index >= 15 is 0 Å². The van der Waals surface area contributed by atoms with Gasteiger partial charge in [0.15, 0.2) is 9.84 Å². The highest BCUT2D eigenvalue weighted by Gasteiger charge is 2.35. The van der Waals surface area contributed by atoms with Crippen LogP contribution in [0.3, 0.4) is 0 Å². The zero-order valence-electron chi connectivity index (χ0n) is 11.2. The normalized spacial score (nSPS) is 26.2. The maximum Gasteiger partial charge on any atom is 0.277 e. The second-order valence-electron chi connectivity index (χ2n) is 5.10. The summed E-state index contributed by atoms with van der Waals surface area (Å²) in [5.41, 5.74) is 2.08. The Kier molecular flexibility index (Phi) is 3.12. The monoisotopic (exact) mass is 292 g/mol. The number of fused-ring (bicyclic) bond motifs is 1. The van der Waals surface area contributed by atoms with Crippen molar-refractivity contribution in [2.45, 2.75) is 19.4 Å². The van der Waals surface area contributed by atoms with Gasteiger partial charge in [0.2, 0.25) is 0 Å². The Hall–Kier alpha value is -1.69. The number of amides is 1. The first kappa shape index (κ1) is 13.3. The number of rotatable bonds is 2. The van der Waals surface area contributed by atoms with Gasteiger partial charge in [-0.1, -0.05) is 18.2 Å². The molecule has 106 valence electrons. The molecule has 2 aliphatic rings. The Labute approximate surface area is 118 Å². The van der Waals surface area contributed by atoms with Gasteiger partial charge in [-0.2, -0.15) is 0 Å². The smallest absolute Gasteiger partial charge is 0.277 e. The van der Waals surface area contributed by atoms with Crippen molar-refractivity contribution in [3.05, 3.63) is 29.8 Å². The summed E-state index contributed by atoms with van der Waals surface area (Å²) in [4.78, 5) is 18.5. The molecule has 2 aliphatic heterocycles. The van der Waals surface area contributed by atoms with Crippen molar-refractivity contribution in [3.8, 4) is 0 Å². The van der Waals surface area contributed by atoms with Crippen molar-refractivity contribution >= 4 is 27.1 Å². The molecule has 0 bridgehead atoms. The molecule has 0 aromatic heterocycles. The van der Waals surface area contributed by atoms with E-state index in [4.69, 9.17) is 0 Å². The quantitative estimate of drug-likeness (QED) is 0.817. The third-order valence-corrected chi connectivity index (χ3v) is 5.48. The maximum atomic E-state index is 12.4. The lowest BCUT2D eigenvalue weighted by Gasteiger charge is -2.13. The van der Waals surface area contributed by atoms with Crippen LogP contribution in [0, 0.1) is 0 Å². The molecule has 1 saturated heterocycles. The van der Waals surface area contributed by atoms with Gasteiger partial charge >= 0.3 is 0 Å². The minimum Gasteiger partial charge on any atom is -0.307 e. The van der Waals surface area contributed by atoms with E-state index in [1.165, 1.54) is 0 Å². The van der Waals surface area contributed by atoms with Crippen molar-refractivity contribution in [3.63, 3.8) is 0 Å². The summed E-state index contributed by atoms with van der Waals surface area (Å²) in [6.07, 6.45) is 0.507. The Morgan fingerprint density at radius 2 is 2.10 bits per heavy atom. The molecule has 6 heteroatoms. The van der Waals surface area contributed by atoms with Crippen molar-refractivity contribution < 1.29 is 13.2 Å². The van der Waals surface area contributed by atoms with Crippen LogP contribution >= 0.6 is 0 Å². The highest BCUT2D eigenvalue weighted by atomic mass is 32.2. The largest absolute Gasteiger partial charge is 0.307 e. The van der Waals surface area contributed by atoms with Gasteiger partial charge in [-0.25, -0.2) is 8.42 Å². The molecule has 20 heavy (non-hydrogen) atoms. The number of hydrogen-bond acceptors (Lipinski definition) is 4. The summed E-state index contributed by atoms with van der Waals surface area (Å²) in [6, 6.07) is 7.23. The highest BCUT2D eigenvalue weighted by molar-refractivity contribution is 7.91. The molecule has 1 aromatic carbocycles. The number of sulfone groups is 1. The van der Waals surface area contributed by atoms with E-state index in [-0.39, 0.29) is 23.5 Å². The second kappa shape index (κ2) is 4.70. The van der Waals surface area contributed by atoms with Crippen LogP contribution < -0.4 is 4.90 Å². The highest BCUT2D eigenvalue weighted by Crippen LogP contribution is 2.29. The van der Waals surface area contributed by atoms with Gasteiger partial charge in [-0.3, -0.25) is 9.79 Å². The van der Waals surface area contributed by atoms with Gasteiger partial charge in [0.1, 0.15) is 5.71 Å². The zero-order chi connectivity index (χ0) is 14.3. The number of likely N-dealkylation sites (N-methyl/N-ethyl adjacent to an activating group) is 1. The summed E-state index contributed by atoms with van der Waals surface area (Å²) in [5, 5.41) is 0. The van der Waals surface area contributed by atoms with E-state index in [2.05, 4.69) is 4.99 Å². The number of para-hydroxylation sites is 1. The summed E-state index contributed by atoms with van der Waals surface area (Å²) >= 11 is 0. The average Bonchev–Trinajstić information content (AvgIpc) is 2.89. The molecule has 0 spiro atoms. The molecular formula is C14H16N2O3S. The molecule has 0 unspecified atom stereocenters. The topological polar surface area (TPSA) is 66.8 Å². The Bertz CT molecular complexity index is 694. The number of carbonyl (C=O) groups excluding carboxylic acids is 1. The van der Waals surface area contributed by atoms with Gasteiger partial charge < -0.3 is 4.90 Å². The lowest BCUT2D eigenvalue weighted by molar-refractivity contribution is -0.112. The van der Waals surface area contributed by atoms with Crippen LogP contribution in [0.25, 0.3) is 0 Å². The Balaban J connectivity index is 2.00. The van der Waals surface area contributed by atoms with E-state index in [1.807, 2.05) is 31.2 Å². The minimum atomic E-state index is -2.98. The molecule has 3 rings (SSSR count). The fraction of sp³-hybridized carbons (Fsp3) is 0.429. The minimum absolute atomic E-state index is 0.0536. The van der Waals surface area contributed by atoms with E-state index in [9.17, 15) is 13.2 Å². The molecule has 1 atom stereocenters. The predicted molar refractivity (Wildman–Crippen MR) is 78.1 cm³/mol. The fourth-order valence-electron chi connectivity index (χ4n) is 2.76. The second-order valence-corrected chi connectivity index (χ2v) is 7.33. The average molecular weight is 292 g/mol. The molecule has 1 fully saturated rings. The summed E-state index contributed by atoms with van der Waals surface area (Å²) < 4.78 is 23.0.